The molecule has 0 nitrogen and oxygen atoms in total. The third kappa shape index (κ3) is 8.25. The summed E-state index contributed by atoms with van der Waals surface area (Å²) >= 11 is -4.34. The van der Waals surface area contributed by atoms with Gasteiger partial charge in [0, 0.05) is 0 Å². The second-order valence-electron chi connectivity index (χ2n) is 8.95. The topological polar surface area (TPSA) is 0 Å². The van der Waals surface area contributed by atoms with Crippen molar-refractivity contribution in [1.82, 2.24) is 0 Å². The Morgan fingerprint density at radius 2 is 0.333 bits per heavy atom. The van der Waals surface area contributed by atoms with E-state index in [1.165, 1.54) is 0 Å². The summed E-state index contributed by atoms with van der Waals surface area (Å²) in [7, 11) is 0. The van der Waals surface area contributed by atoms with Crippen LogP contribution in [0.3, 0.4) is 0 Å². The molecule has 6 aromatic carbocycles. The zero-order valence-electron chi connectivity index (χ0n) is 21.8. The van der Waals surface area contributed by atoms with Crippen LogP contribution < -0.4 is 18.7 Å². The van der Waals surface area contributed by atoms with Crippen LogP contribution >= 0.6 is 0 Å². The van der Waals surface area contributed by atoms with Crippen LogP contribution in [0.15, 0.2) is 182 Å². The molecule has 0 spiro atoms. The van der Waals surface area contributed by atoms with E-state index in [4.69, 9.17) is 0 Å². The first-order valence-corrected chi connectivity index (χ1v) is 24.6. The molecular weight excluding hydrogens is 879 g/mol. The van der Waals surface area contributed by atoms with Crippen molar-refractivity contribution >= 4 is 77.6 Å². The summed E-state index contributed by atoms with van der Waals surface area (Å²) in [5.74, 6) is 0. The van der Waals surface area contributed by atoms with E-state index in [0.29, 0.717) is 0 Å². The molecule has 0 atom stereocenters. The summed E-state index contributed by atoms with van der Waals surface area (Å²) in [6.07, 6.45) is 0. The van der Waals surface area contributed by atoms with Crippen LogP contribution in [0.2, 0.25) is 0 Å². The number of hydrogen-bond donors (Lipinski definition) is 0. The average Bonchev–Trinajstić information content (AvgIpc) is 3.01. The number of benzene rings is 6. The molecule has 0 unspecified atom stereocenters. The zero-order chi connectivity index (χ0) is 25.8. The van der Waals surface area contributed by atoms with Crippen LogP contribution in [-0.2, 0) is 13.5 Å². The third-order valence-corrected chi connectivity index (χ3v) is 27.6. The molecule has 0 saturated heterocycles. The average molecular weight is 910 g/mol. The predicted octanol–water partition coefficient (Wildman–Crippen LogP) is 4.14. The van der Waals surface area contributed by atoms with Gasteiger partial charge < -0.3 is 13.5 Å². The predicted molar refractivity (Wildman–Crippen MR) is 177 cm³/mol. The van der Waals surface area contributed by atoms with E-state index in [9.17, 15) is 0 Å². The second kappa shape index (κ2) is 15.9. The Kier molecular flexibility index (Phi) is 12.1. The summed E-state index contributed by atoms with van der Waals surface area (Å²) in [6.45, 7) is 0. The van der Waals surface area contributed by atoms with Gasteiger partial charge in [0.25, 0.3) is 0 Å². The molecule has 0 bridgehead atoms. The summed E-state index contributed by atoms with van der Waals surface area (Å²) in [6, 6.07) is 66.0. The molecule has 0 amide bonds. The quantitative estimate of drug-likeness (QED) is 0.138. The number of rotatable bonds is 6. The van der Waals surface area contributed by atoms with Gasteiger partial charge >= 0.3 is 246 Å². The van der Waals surface area contributed by atoms with Crippen LogP contribution in [0.5, 0.6) is 0 Å². The molecule has 2 radical (unpaired) electrons. The van der Waals surface area contributed by atoms with Gasteiger partial charge in [-0.15, -0.1) is 0 Å². The third-order valence-electron chi connectivity index (χ3n) is 6.37. The summed E-state index contributed by atoms with van der Waals surface area (Å²) in [5.41, 5.74) is 0. The van der Waals surface area contributed by atoms with Gasteiger partial charge in [-0.05, 0) is 0 Å². The van der Waals surface area contributed by atoms with Crippen molar-refractivity contribution in [2.75, 3.05) is 0 Å². The fraction of sp³-hybridized carbons (Fsp3) is 0. The molecule has 0 aliphatic heterocycles. The molecule has 0 fully saturated rings. The Labute approximate surface area is 257 Å². The normalized spacial score (nSPS) is 10.3. The molecular formula is C36H31Pb2S-. The van der Waals surface area contributed by atoms with Gasteiger partial charge in [0.15, 0.2) is 0 Å². The summed E-state index contributed by atoms with van der Waals surface area (Å²) in [4.78, 5) is 0. The SMILES string of the molecule is [SH-].c1cc[c]([Pb]([c]2ccccc2)[c]2ccccc2)cc1.c1cc[c]([Pb]([c]2ccccc2)[c]2ccccc2)cc1. The van der Waals surface area contributed by atoms with E-state index in [-0.39, 0.29) is 13.5 Å². The van der Waals surface area contributed by atoms with Crippen molar-refractivity contribution in [2.24, 2.45) is 0 Å². The first-order valence-electron chi connectivity index (χ1n) is 13.0. The van der Waals surface area contributed by atoms with Gasteiger partial charge in [-0.1, -0.05) is 0 Å². The molecule has 0 N–H and O–H groups in total. The molecule has 0 aliphatic rings. The van der Waals surface area contributed by atoms with E-state index in [1.807, 2.05) is 0 Å². The van der Waals surface area contributed by atoms with Crippen molar-refractivity contribution < 1.29 is 0 Å². The second-order valence-corrected chi connectivity index (χ2v) is 28.2. The molecule has 190 valence electrons. The molecule has 39 heavy (non-hydrogen) atoms. The first-order chi connectivity index (χ1) is 18.9. The van der Waals surface area contributed by atoms with Crippen LogP contribution in [-0.4, -0.2) is 45.4 Å². The minimum atomic E-state index is -2.17. The summed E-state index contributed by atoms with van der Waals surface area (Å²) < 4.78 is 9.28. The van der Waals surface area contributed by atoms with Crippen LogP contribution in [0.4, 0.5) is 0 Å². The van der Waals surface area contributed by atoms with Gasteiger partial charge in [-0.25, -0.2) is 0 Å². The fourth-order valence-electron chi connectivity index (χ4n) is 4.63. The van der Waals surface area contributed by atoms with Gasteiger partial charge in [0.05, 0.1) is 0 Å². The van der Waals surface area contributed by atoms with E-state index < -0.39 is 45.4 Å². The van der Waals surface area contributed by atoms with Gasteiger partial charge in [0.2, 0.25) is 0 Å². The molecule has 0 aliphatic carbocycles. The van der Waals surface area contributed by atoms with Crippen LogP contribution in [0, 0.1) is 0 Å². The van der Waals surface area contributed by atoms with Crippen molar-refractivity contribution in [2.45, 2.75) is 0 Å². The molecule has 3 heteroatoms. The van der Waals surface area contributed by atoms with E-state index in [0.717, 1.165) is 0 Å². The molecule has 0 aromatic heterocycles. The molecule has 0 saturated carbocycles. The molecule has 6 rings (SSSR count). The Balaban J connectivity index is 0.000000176. The van der Waals surface area contributed by atoms with Gasteiger partial charge in [-0.2, -0.15) is 0 Å². The van der Waals surface area contributed by atoms with Crippen molar-refractivity contribution in [3.8, 4) is 0 Å². The van der Waals surface area contributed by atoms with Gasteiger partial charge in [0.1, 0.15) is 0 Å². The Morgan fingerprint density at radius 3 is 0.462 bits per heavy atom. The molecule has 6 aromatic rings. The minimum absolute atomic E-state index is 0. The fourth-order valence-corrected chi connectivity index (χ4v) is 24.7. The molecule has 0 heterocycles. The van der Waals surface area contributed by atoms with Crippen molar-refractivity contribution in [3.63, 3.8) is 0 Å². The Bertz CT molecular complexity index is 1170. The van der Waals surface area contributed by atoms with Crippen molar-refractivity contribution in [3.05, 3.63) is 182 Å². The maximum atomic E-state index is 2.29. The number of hydrogen-bond acceptors (Lipinski definition) is 1. The zero-order valence-corrected chi connectivity index (χ0v) is 30.4. The maximum absolute atomic E-state index is 2.29. The van der Waals surface area contributed by atoms with Crippen LogP contribution in [0.25, 0.3) is 0 Å². The first kappa shape index (κ1) is 29.5. The van der Waals surface area contributed by atoms with Crippen LogP contribution in [0.1, 0.15) is 0 Å². The Hall–Kier alpha value is -2.49. The number of thiol groups is 1. The van der Waals surface area contributed by atoms with E-state index >= 15 is 0 Å². The van der Waals surface area contributed by atoms with Gasteiger partial charge in [-0.3, -0.25) is 0 Å². The van der Waals surface area contributed by atoms with Crippen molar-refractivity contribution in [1.29, 1.82) is 0 Å². The van der Waals surface area contributed by atoms with E-state index in [1.54, 1.807) is 18.7 Å². The summed E-state index contributed by atoms with van der Waals surface area (Å²) in [5, 5.41) is 0. The monoisotopic (exact) mass is 911 g/mol. The standard InChI is InChI=1S/6C6H5.2Pb.H2S/c6*1-2-4-6-5-3-1;;;/h6*1-5H;;;1H2/p-1. The van der Waals surface area contributed by atoms with E-state index in [2.05, 4.69) is 182 Å². The Morgan fingerprint density at radius 1 is 0.205 bits per heavy atom.